The minimum absolute atomic E-state index is 0.0402. The van der Waals surface area contributed by atoms with Gasteiger partial charge < -0.3 is 25.6 Å². The molecule has 1 saturated heterocycles. The van der Waals surface area contributed by atoms with E-state index in [1.54, 1.807) is 18.3 Å². The largest absolute Gasteiger partial charge is 0.453 e. The Morgan fingerprint density at radius 3 is 2.65 bits per heavy atom. The zero-order valence-electron chi connectivity index (χ0n) is 24.1. The van der Waals surface area contributed by atoms with Crippen LogP contribution in [-0.2, 0) is 11.3 Å². The number of ether oxygens (including phenoxy) is 1. The maximum atomic E-state index is 14.9. The minimum Gasteiger partial charge on any atom is -0.453 e. The molecule has 2 fully saturated rings. The Morgan fingerprint density at radius 2 is 1.93 bits per heavy atom. The molecule has 0 unspecified atom stereocenters. The standard InChI is InChI=1S/C31H34FN7O3S/c1-38(2)12-11-34-30(40)20-17-39(18-20)16-19-3-7-24(35-15-19)28-14-25-29(43-28)27(9-10-33-25)42-26-8-6-22(13-23(26)32)37-31(41)36-21-4-5-21/h3,6-10,13-15,20-21H,4-5,11-12,16-18H2,1-2H3,(H,34,40)(H2,36,37,41). The van der Waals surface area contributed by atoms with E-state index in [1.807, 2.05) is 37.3 Å². The van der Waals surface area contributed by atoms with Crippen LogP contribution in [0.15, 0.2) is 54.9 Å². The van der Waals surface area contributed by atoms with Crippen LogP contribution in [0.1, 0.15) is 18.4 Å². The zero-order valence-corrected chi connectivity index (χ0v) is 24.9. The summed E-state index contributed by atoms with van der Waals surface area (Å²) in [6.45, 7) is 3.73. The maximum absolute atomic E-state index is 14.9. The molecule has 0 spiro atoms. The summed E-state index contributed by atoms with van der Waals surface area (Å²) in [5, 5.41) is 8.47. The summed E-state index contributed by atoms with van der Waals surface area (Å²) in [4.78, 5) is 38.6. The third-order valence-electron chi connectivity index (χ3n) is 7.37. The fourth-order valence-corrected chi connectivity index (χ4v) is 5.86. The number of rotatable bonds is 11. The van der Waals surface area contributed by atoms with Gasteiger partial charge in [0.1, 0.15) is 5.75 Å². The Balaban J connectivity index is 1.06. The molecule has 4 heterocycles. The number of nitrogens with zero attached hydrogens (tertiary/aromatic N) is 4. The van der Waals surface area contributed by atoms with Crippen LogP contribution in [0, 0.1) is 11.7 Å². The van der Waals surface area contributed by atoms with Crippen molar-refractivity contribution in [3.8, 4) is 22.1 Å². The lowest BCUT2D eigenvalue weighted by atomic mass is 9.98. The van der Waals surface area contributed by atoms with Crippen molar-refractivity contribution in [3.63, 3.8) is 0 Å². The van der Waals surface area contributed by atoms with E-state index in [2.05, 4.69) is 36.9 Å². The van der Waals surface area contributed by atoms with E-state index >= 15 is 0 Å². The molecule has 0 radical (unpaired) electrons. The number of hydrogen-bond acceptors (Lipinski definition) is 8. The smallest absolute Gasteiger partial charge is 0.319 e. The van der Waals surface area contributed by atoms with Gasteiger partial charge in [0.25, 0.3) is 0 Å². The third kappa shape index (κ3) is 7.27. The van der Waals surface area contributed by atoms with Gasteiger partial charge in [-0.3, -0.25) is 19.7 Å². The van der Waals surface area contributed by atoms with Crippen molar-refractivity contribution in [3.05, 3.63) is 66.2 Å². The molecule has 43 heavy (non-hydrogen) atoms. The molecular weight excluding hydrogens is 569 g/mol. The molecule has 12 heteroatoms. The van der Waals surface area contributed by atoms with Crippen LogP contribution < -0.4 is 20.7 Å². The third-order valence-corrected chi connectivity index (χ3v) is 8.53. The molecule has 3 amide bonds. The molecule has 0 bridgehead atoms. The Bertz CT molecular complexity index is 1620. The lowest BCUT2D eigenvalue weighted by molar-refractivity contribution is -0.130. The van der Waals surface area contributed by atoms with Gasteiger partial charge in [0.05, 0.1) is 26.7 Å². The number of aromatic nitrogens is 2. The summed E-state index contributed by atoms with van der Waals surface area (Å²) in [6, 6.07) is 11.9. The predicted molar refractivity (Wildman–Crippen MR) is 165 cm³/mol. The summed E-state index contributed by atoms with van der Waals surface area (Å²) >= 11 is 1.48. The fourth-order valence-electron chi connectivity index (χ4n) is 4.82. The molecule has 1 aliphatic carbocycles. The number of thiophene rings is 1. The normalized spacial score (nSPS) is 15.3. The molecule has 10 nitrogen and oxygen atoms in total. The molecule has 1 saturated carbocycles. The number of carbonyl (C=O) groups excluding carboxylic acids is 2. The quantitative estimate of drug-likeness (QED) is 0.228. The number of hydrogen-bond donors (Lipinski definition) is 3. The first-order chi connectivity index (χ1) is 20.8. The first-order valence-electron chi connectivity index (χ1n) is 14.3. The van der Waals surface area contributed by atoms with Crippen molar-refractivity contribution >= 4 is 39.2 Å². The number of halogens is 1. The summed E-state index contributed by atoms with van der Waals surface area (Å²) in [7, 11) is 3.98. The fraction of sp³-hybridized carbons (Fsp3) is 0.355. The number of amides is 3. The number of pyridine rings is 2. The average molecular weight is 604 g/mol. The van der Waals surface area contributed by atoms with E-state index in [4.69, 9.17) is 4.74 Å². The number of likely N-dealkylation sites (tertiary alicyclic amines) is 1. The van der Waals surface area contributed by atoms with E-state index in [0.29, 0.717) is 18.0 Å². The lowest BCUT2D eigenvalue weighted by Crippen LogP contribution is -2.53. The topological polar surface area (TPSA) is 112 Å². The molecule has 4 aromatic rings. The maximum Gasteiger partial charge on any atom is 0.319 e. The highest BCUT2D eigenvalue weighted by molar-refractivity contribution is 7.22. The summed E-state index contributed by atoms with van der Waals surface area (Å²) in [5.41, 5.74) is 2.97. The summed E-state index contributed by atoms with van der Waals surface area (Å²) < 4.78 is 21.6. The number of anilines is 1. The van der Waals surface area contributed by atoms with Crippen molar-refractivity contribution in [2.75, 3.05) is 45.6 Å². The van der Waals surface area contributed by atoms with Gasteiger partial charge in [0, 0.05) is 69.0 Å². The van der Waals surface area contributed by atoms with Crippen LogP contribution in [0.5, 0.6) is 11.5 Å². The van der Waals surface area contributed by atoms with Crippen molar-refractivity contribution in [2.24, 2.45) is 5.92 Å². The van der Waals surface area contributed by atoms with Crippen molar-refractivity contribution < 1.29 is 18.7 Å². The number of carbonyl (C=O) groups is 2. The van der Waals surface area contributed by atoms with Crippen molar-refractivity contribution in [1.29, 1.82) is 0 Å². The number of urea groups is 1. The van der Waals surface area contributed by atoms with Crippen LogP contribution in [0.2, 0.25) is 0 Å². The molecule has 3 N–H and O–H groups in total. The van der Waals surface area contributed by atoms with Gasteiger partial charge in [-0.2, -0.15) is 0 Å². The Labute approximate surface area is 253 Å². The second-order valence-electron chi connectivity index (χ2n) is 11.3. The SMILES string of the molecule is CN(C)CCNC(=O)C1CN(Cc2ccc(-c3cc4nccc(Oc5ccc(NC(=O)NC6CC6)cc5F)c4s3)nc2)C1. The van der Waals surface area contributed by atoms with E-state index in [9.17, 15) is 14.0 Å². The van der Waals surface area contributed by atoms with Gasteiger partial charge in [0.15, 0.2) is 11.6 Å². The van der Waals surface area contributed by atoms with E-state index in [1.165, 1.54) is 23.5 Å². The number of likely N-dealkylation sites (N-methyl/N-ethyl adjacent to an activating group) is 1. The molecular formula is C31H34FN7O3S. The second kappa shape index (κ2) is 12.6. The zero-order chi connectivity index (χ0) is 29.9. The van der Waals surface area contributed by atoms with Gasteiger partial charge in [-0.05, 0) is 56.8 Å². The molecule has 224 valence electrons. The van der Waals surface area contributed by atoms with Crippen molar-refractivity contribution in [2.45, 2.75) is 25.4 Å². The monoisotopic (exact) mass is 603 g/mol. The van der Waals surface area contributed by atoms with Crippen molar-refractivity contribution in [1.82, 2.24) is 30.4 Å². The molecule has 1 aromatic carbocycles. The summed E-state index contributed by atoms with van der Waals surface area (Å²) in [6.07, 6.45) is 5.44. The Morgan fingerprint density at radius 1 is 1.09 bits per heavy atom. The average Bonchev–Trinajstić information content (AvgIpc) is 3.65. The van der Waals surface area contributed by atoms with Crippen LogP contribution in [0.4, 0.5) is 14.9 Å². The highest BCUT2D eigenvalue weighted by atomic mass is 32.1. The highest BCUT2D eigenvalue weighted by Crippen LogP contribution is 2.39. The lowest BCUT2D eigenvalue weighted by Gasteiger charge is -2.38. The van der Waals surface area contributed by atoms with E-state index in [0.717, 1.165) is 65.4 Å². The van der Waals surface area contributed by atoms with Crippen LogP contribution in [0.3, 0.4) is 0 Å². The Hall–Kier alpha value is -4.13. The van der Waals surface area contributed by atoms with Gasteiger partial charge >= 0.3 is 6.03 Å². The minimum atomic E-state index is -0.582. The van der Waals surface area contributed by atoms with Crippen LogP contribution >= 0.6 is 11.3 Å². The number of fused-ring (bicyclic) bond motifs is 1. The second-order valence-corrected chi connectivity index (χ2v) is 12.3. The number of benzene rings is 1. The molecule has 1 aliphatic heterocycles. The molecule has 2 aliphatic rings. The van der Waals surface area contributed by atoms with E-state index in [-0.39, 0.29) is 29.6 Å². The van der Waals surface area contributed by atoms with Gasteiger partial charge in [-0.1, -0.05) is 6.07 Å². The van der Waals surface area contributed by atoms with E-state index < -0.39 is 5.82 Å². The molecule has 0 atom stereocenters. The van der Waals surface area contributed by atoms with Gasteiger partial charge in [-0.25, -0.2) is 9.18 Å². The molecule has 3 aromatic heterocycles. The number of nitrogens with one attached hydrogen (secondary N) is 3. The predicted octanol–water partition coefficient (Wildman–Crippen LogP) is 4.68. The first-order valence-corrected chi connectivity index (χ1v) is 15.2. The summed E-state index contributed by atoms with van der Waals surface area (Å²) in [5.74, 6) is 0.123. The first kappa shape index (κ1) is 29.0. The van der Waals surface area contributed by atoms with Gasteiger partial charge in [-0.15, -0.1) is 11.3 Å². The molecule has 6 rings (SSSR count). The van der Waals surface area contributed by atoms with Crippen LogP contribution in [-0.4, -0.2) is 78.0 Å². The highest BCUT2D eigenvalue weighted by Gasteiger charge is 2.32. The Kier molecular flexibility index (Phi) is 8.50. The van der Waals surface area contributed by atoms with Gasteiger partial charge in [0.2, 0.25) is 5.91 Å². The van der Waals surface area contributed by atoms with Crippen LogP contribution in [0.25, 0.3) is 20.8 Å².